The van der Waals surface area contributed by atoms with Gasteiger partial charge in [0.2, 0.25) is 10.0 Å². The summed E-state index contributed by atoms with van der Waals surface area (Å²) in [6.45, 7) is 9.96. The van der Waals surface area contributed by atoms with E-state index >= 15 is 0 Å². The molecule has 1 rings (SSSR count). The van der Waals surface area contributed by atoms with E-state index < -0.39 is 10.0 Å². The molecule has 4 nitrogen and oxygen atoms in total. The van der Waals surface area contributed by atoms with E-state index in [0.717, 1.165) is 11.1 Å². The molecule has 0 saturated heterocycles. The Kier molecular flexibility index (Phi) is 4.63. The van der Waals surface area contributed by atoms with Crippen LogP contribution in [-0.4, -0.2) is 26.3 Å². The van der Waals surface area contributed by atoms with Crippen LogP contribution in [0.1, 0.15) is 30.5 Å². The minimum absolute atomic E-state index is 0.281. The Hall–Kier alpha value is -1.07. The SMILES string of the molecule is Cc1cc(C)c(S(=O)(=O)N(C)CC(C)C)c(C)c1N. The highest BCUT2D eigenvalue weighted by atomic mass is 32.2. The van der Waals surface area contributed by atoms with Crippen LogP contribution in [0.25, 0.3) is 0 Å². The maximum absolute atomic E-state index is 12.6. The lowest BCUT2D eigenvalue weighted by Crippen LogP contribution is -2.31. The van der Waals surface area contributed by atoms with Crippen molar-refractivity contribution in [2.45, 2.75) is 39.5 Å². The van der Waals surface area contributed by atoms with Crippen LogP contribution in [0.2, 0.25) is 0 Å². The Labute approximate surface area is 116 Å². The molecule has 5 heteroatoms. The molecule has 0 atom stereocenters. The van der Waals surface area contributed by atoms with Crippen LogP contribution in [0.5, 0.6) is 0 Å². The molecule has 0 radical (unpaired) electrons. The summed E-state index contributed by atoms with van der Waals surface area (Å²) in [6, 6.07) is 1.83. The van der Waals surface area contributed by atoms with Gasteiger partial charge in [-0.05, 0) is 43.4 Å². The molecule has 0 spiro atoms. The van der Waals surface area contributed by atoms with E-state index in [4.69, 9.17) is 5.73 Å². The van der Waals surface area contributed by atoms with E-state index in [1.165, 1.54) is 4.31 Å². The van der Waals surface area contributed by atoms with Crippen molar-refractivity contribution in [3.63, 3.8) is 0 Å². The number of nitrogen functional groups attached to an aromatic ring is 1. The lowest BCUT2D eigenvalue weighted by atomic mass is 10.1. The molecule has 0 saturated carbocycles. The highest BCUT2D eigenvalue weighted by Gasteiger charge is 2.26. The molecule has 2 N–H and O–H groups in total. The summed E-state index contributed by atoms with van der Waals surface area (Å²) in [4.78, 5) is 0.346. The predicted octanol–water partition coefficient (Wildman–Crippen LogP) is 2.47. The minimum Gasteiger partial charge on any atom is -0.398 e. The van der Waals surface area contributed by atoms with Crippen LogP contribution in [-0.2, 0) is 10.0 Å². The summed E-state index contributed by atoms with van der Waals surface area (Å²) in [5, 5.41) is 0. The third-order valence-electron chi connectivity index (χ3n) is 3.25. The van der Waals surface area contributed by atoms with Gasteiger partial charge in [0.05, 0.1) is 4.90 Å². The molecular weight excluding hydrogens is 260 g/mol. The highest BCUT2D eigenvalue weighted by Crippen LogP contribution is 2.30. The number of rotatable bonds is 4. The maximum atomic E-state index is 12.6. The average molecular weight is 284 g/mol. The largest absolute Gasteiger partial charge is 0.398 e. The molecule has 0 aliphatic heterocycles. The second kappa shape index (κ2) is 5.51. The zero-order valence-electron chi connectivity index (χ0n) is 12.6. The zero-order valence-corrected chi connectivity index (χ0v) is 13.4. The van der Waals surface area contributed by atoms with Crippen molar-refractivity contribution < 1.29 is 8.42 Å². The summed E-state index contributed by atoms with van der Waals surface area (Å²) < 4.78 is 26.7. The van der Waals surface area contributed by atoms with Crippen LogP contribution in [0.3, 0.4) is 0 Å². The number of sulfonamides is 1. The summed E-state index contributed by atoms with van der Waals surface area (Å²) in [7, 11) is -1.87. The quantitative estimate of drug-likeness (QED) is 0.864. The molecule has 0 aliphatic rings. The zero-order chi connectivity index (χ0) is 15.0. The Morgan fingerprint density at radius 1 is 1.21 bits per heavy atom. The monoisotopic (exact) mass is 284 g/mol. The second-order valence-electron chi connectivity index (χ2n) is 5.56. The molecule has 1 aromatic carbocycles. The van der Waals surface area contributed by atoms with Gasteiger partial charge in [-0.1, -0.05) is 19.9 Å². The molecule has 1 aromatic rings. The maximum Gasteiger partial charge on any atom is 0.243 e. The third-order valence-corrected chi connectivity index (χ3v) is 5.36. The van der Waals surface area contributed by atoms with E-state index in [2.05, 4.69) is 0 Å². The number of nitrogens with two attached hydrogens (primary N) is 1. The van der Waals surface area contributed by atoms with E-state index in [-0.39, 0.29) is 5.92 Å². The van der Waals surface area contributed by atoms with Crippen LogP contribution >= 0.6 is 0 Å². The topological polar surface area (TPSA) is 63.4 Å². The number of hydrogen-bond donors (Lipinski definition) is 1. The summed E-state index contributed by atoms with van der Waals surface area (Å²) >= 11 is 0. The average Bonchev–Trinajstić information content (AvgIpc) is 2.24. The minimum atomic E-state index is -3.48. The molecule has 0 aliphatic carbocycles. The molecule has 0 amide bonds. The molecule has 0 bridgehead atoms. The van der Waals surface area contributed by atoms with Crippen LogP contribution in [0.4, 0.5) is 5.69 Å². The summed E-state index contributed by atoms with van der Waals surface area (Å²) in [6.07, 6.45) is 0. The Morgan fingerprint density at radius 2 is 1.74 bits per heavy atom. The van der Waals surface area contributed by atoms with Crippen LogP contribution in [0, 0.1) is 26.7 Å². The van der Waals surface area contributed by atoms with E-state index in [1.54, 1.807) is 14.0 Å². The summed E-state index contributed by atoms with van der Waals surface area (Å²) in [5.41, 5.74) is 8.84. The van der Waals surface area contributed by atoms with Crippen molar-refractivity contribution >= 4 is 15.7 Å². The first-order chi connectivity index (χ1) is 8.59. The molecule has 0 heterocycles. The van der Waals surface area contributed by atoms with E-state index in [0.29, 0.717) is 22.7 Å². The van der Waals surface area contributed by atoms with Gasteiger partial charge >= 0.3 is 0 Å². The van der Waals surface area contributed by atoms with E-state index in [9.17, 15) is 8.42 Å². The smallest absolute Gasteiger partial charge is 0.243 e. The van der Waals surface area contributed by atoms with Gasteiger partial charge in [-0.15, -0.1) is 0 Å². The fourth-order valence-electron chi connectivity index (χ4n) is 2.35. The lowest BCUT2D eigenvalue weighted by molar-refractivity contribution is 0.416. The van der Waals surface area contributed by atoms with Crippen LogP contribution in [0.15, 0.2) is 11.0 Å². The van der Waals surface area contributed by atoms with E-state index in [1.807, 2.05) is 33.8 Å². The number of aryl methyl sites for hydroxylation is 2. The molecule has 0 unspecified atom stereocenters. The predicted molar refractivity (Wildman–Crippen MR) is 79.7 cm³/mol. The van der Waals surface area contributed by atoms with Gasteiger partial charge < -0.3 is 5.73 Å². The number of nitrogens with zero attached hydrogens (tertiary/aromatic N) is 1. The molecular formula is C14H24N2O2S. The van der Waals surface area contributed by atoms with Gasteiger partial charge in [0.25, 0.3) is 0 Å². The number of anilines is 1. The molecule has 0 fully saturated rings. The first kappa shape index (κ1) is 16.0. The molecule has 19 heavy (non-hydrogen) atoms. The third kappa shape index (κ3) is 3.09. The van der Waals surface area contributed by atoms with Crippen LogP contribution < -0.4 is 5.73 Å². The molecule has 0 aromatic heterocycles. The van der Waals surface area contributed by atoms with Gasteiger partial charge in [0.15, 0.2) is 0 Å². The first-order valence-electron chi connectivity index (χ1n) is 6.41. The number of benzene rings is 1. The highest BCUT2D eigenvalue weighted by molar-refractivity contribution is 7.89. The van der Waals surface area contributed by atoms with Crippen molar-refractivity contribution in [2.75, 3.05) is 19.3 Å². The van der Waals surface area contributed by atoms with Crippen molar-refractivity contribution in [3.8, 4) is 0 Å². The van der Waals surface area contributed by atoms with Gasteiger partial charge in [-0.2, -0.15) is 0 Å². The normalized spacial score (nSPS) is 12.4. The number of hydrogen-bond acceptors (Lipinski definition) is 3. The Balaban J connectivity index is 3.42. The summed E-state index contributed by atoms with van der Waals surface area (Å²) in [5.74, 6) is 0.281. The van der Waals surface area contributed by atoms with Crippen molar-refractivity contribution in [1.29, 1.82) is 0 Å². The van der Waals surface area contributed by atoms with Gasteiger partial charge in [-0.25, -0.2) is 12.7 Å². The fraction of sp³-hybridized carbons (Fsp3) is 0.571. The van der Waals surface area contributed by atoms with Gasteiger partial charge in [0.1, 0.15) is 0 Å². The lowest BCUT2D eigenvalue weighted by Gasteiger charge is -2.22. The first-order valence-corrected chi connectivity index (χ1v) is 7.85. The Morgan fingerprint density at radius 3 is 2.21 bits per heavy atom. The van der Waals surface area contributed by atoms with Crippen molar-refractivity contribution in [1.82, 2.24) is 4.31 Å². The van der Waals surface area contributed by atoms with Gasteiger partial charge in [0, 0.05) is 19.3 Å². The standard InChI is InChI=1S/C14H24N2O2S/c1-9(2)8-16(6)19(17,18)14-11(4)7-10(3)13(15)12(14)5/h7,9H,8,15H2,1-6H3. The fourth-order valence-corrected chi connectivity index (χ4v) is 4.12. The van der Waals surface area contributed by atoms with Crippen molar-refractivity contribution in [3.05, 3.63) is 22.8 Å². The molecule has 108 valence electrons. The van der Waals surface area contributed by atoms with Crippen molar-refractivity contribution in [2.24, 2.45) is 5.92 Å². The second-order valence-corrected chi connectivity index (χ2v) is 7.54. The van der Waals surface area contributed by atoms with Gasteiger partial charge in [-0.3, -0.25) is 0 Å². The Bertz CT molecular complexity index is 578.